The van der Waals surface area contributed by atoms with E-state index in [0.717, 1.165) is 6.42 Å². The van der Waals surface area contributed by atoms with Crippen LogP contribution >= 0.6 is 15.9 Å². The summed E-state index contributed by atoms with van der Waals surface area (Å²) in [7, 11) is 0. The van der Waals surface area contributed by atoms with Crippen molar-refractivity contribution in [1.82, 2.24) is 10.3 Å². The highest BCUT2D eigenvalue weighted by Gasteiger charge is 2.46. The van der Waals surface area contributed by atoms with Crippen molar-refractivity contribution in [2.24, 2.45) is 5.41 Å². The van der Waals surface area contributed by atoms with Crippen molar-refractivity contribution in [2.75, 3.05) is 0 Å². The zero-order valence-electron chi connectivity index (χ0n) is 10.5. The summed E-state index contributed by atoms with van der Waals surface area (Å²) >= 11 is 3.22. The Labute approximate surface area is 119 Å². The van der Waals surface area contributed by atoms with Crippen LogP contribution in [-0.2, 0) is 4.79 Å². The van der Waals surface area contributed by atoms with E-state index in [-0.39, 0.29) is 11.9 Å². The highest BCUT2D eigenvalue weighted by Crippen LogP contribution is 2.38. The lowest BCUT2D eigenvalue weighted by atomic mass is 9.85. The molecular formula is C13H15BrN2O3. The van der Waals surface area contributed by atoms with Gasteiger partial charge >= 0.3 is 5.97 Å². The Morgan fingerprint density at radius 1 is 1.58 bits per heavy atom. The van der Waals surface area contributed by atoms with Crippen molar-refractivity contribution in [3.05, 3.63) is 28.5 Å². The molecule has 0 aromatic carbocycles. The zero-order chi connectivity index (χ0) is 14.0. The molecule has 19 heavy (non-hydrogen) atoms. The molecule has 1 fully saturated rings. The van der Waals surface area contributed by atoms with E-state index in [0.29, 0.717) is 23.0 Å². The third kappa shape index (κ3) is 2.63. The van der Waals surface area contributed by atoms with Crippen LogP contribution in [0.4, 0.5) is 0 Å². The third-order valence-corrected chi connectivity index (χ3v) is 4.39. The van der Waals surface area contributed by atoms with Crippen LogP contribution in [0.1, 0.15) is 36.5 Å². The van der Waals surface area contributed by atoms with Crippen LogP contribution in [0.2, 0.25) is 0 Å². The molecule has 0 spiro atoms. The van der Waals surface area contributed by atoms with Gasteiger partial charge in [-0.15, -0.1) is 0 Å². The van der Waals surface area contributed by atoms with Crippen LogP contribution < -0.4 is 5.32 Å². The summed E-state index contributed by atoms with van der Waals surface area (Å²) in [6.45, 7) is 1.69. The van der Waals surface area contributed by atoms with E-state index in [2.05, 4.69) is 26.2 Å². The predicted molar refractivity (Wildman–Crippen MR) is 72.8 cm³/mol. The molecular weight excluding hydrogens is 312 g/mol. The minimum Gasteiger partial charge on any atom is -0.481 e. The van der Waals surface area contributed by atoms with Crippen molar-refractivity contribution in [3.8, 4) is 0 Å². The zero-order valence-corrected chi connectivity index (χ0v) is 12.1. The molecule has 1 aliphatic rings. The van der Waals surface area contributed by atoms with Crippen molar-refractivity contribution in [1.29, 1.82) is 0 Å². The topological polar surface area (TPSA) is 79.3 Å². The van der Waals surface area contributed by atoms with Crippen LogP contribution in [0, 0.1) is 5.41 Å². The number of nitrogens with zero attached hydrogens (tertiary/aromatic N) is 1. The first-order valence-corrected chi connectivity index (χ1v) is 6.89. The smallest absolute Gasteiger partial charge is 0.311 e. The number of pyridine rings is 1. The summed E-state index contributed by atoms with van der Waals surface area (Å²) < 4.78 is 0.461. The van der Waals surface area contributed by atoms with E-state index in [1.807, 2.05) is 0 Å². The van der Waals surface area contributed by atoms with Crippen molar-refractivity contribution < 1.29 is 14.7 Å². The second-order valence-corrected chi connectivity index (χ2v) is 5.73. The predicted octanol–water partition coefficient (Wildman–Crippen LogP) is 2.22. The average molecular weight is 327 g/mol. The van der Waals surface area contributed by atoms with Gasteiger partial charge < -0.3 is 10.4 Å². The number of carboxylic acids is 1. The van der Waals surface area contributed by atoms with Gasteiger partial charge in [-0.2, -0.15) is 0 Å². The van der Waals surface area contributed by atoms with Crippen LogP contribution in [-0.4, -0.2) is 28.0 Å². The van der Waals surface area contributed by atoms with Crippen LogP contribution in [0.25, 0.3) is 0 Å². The minimum atomic E-state index is -0.885. The van der Waals surface area contributed by atoms with E-state index in [1.54, 1.807) is 25.3 Å². The van der Waals surface area contributed by atoms with Gasteiger partial charge in [0.25, 0.3) is 5.91 Å². The number of rotatable bonds is 3. The number of aliphatic carboxylic acids is 1. The molecule has 5 nitrogen and oxygen atoms in total. The maximum Gasteiger partial charge on any atom is 0.311 e. The lowest BCUT2D eigenvalue weighted by Gasteiger charge is -2.27. The van der Waals surface area contributed by atoms with Gasteiger partial charge in [0.1, 0.15) is 4.60 Å². The molecule has 0 bridgehead atoms. The van der Waals surface area contributed by atoms with Gasteiger partial charge in [0.2, 0.25) is 0 Å². The number of amides is 1. The number of nitrogens with one attached hydrogen (secondary N) is 1. The van der Waals surface area contributed by atoms with Gasteiger partial charge in [-0.1, -0.05) is 6.42 Å². The first-order valence-electron chi connectivity index (χ1n) is 6.10. The van der Waals surface area contributed by atoms with Gasteiger partial charge in [-0.05, 0) is 47.8 Å². The molecule has 2 rings (SSSR count). The van der Waals surface area contributed by atoms with Gasteiger partial charge in [0.05, 0.1) is 11.0 Å². The normalized spacial score (nSPS) is 26.1. The Morgan fingerprint density at radius 2 is 2.32 bits per heavy atom. The number of aromatic nitrogens is 1. The fourth-order valence-electron chi connectivity index (χ4n) is 2.45. The molecule has 1 heterocycles. The Morgan fingerprint density at radius 3 is 2.95 bits per heavy atom. The highest BCUT2D eigenvalue weighted by molar-refractivity contribution is 9.10. The summed E-state index contributed by atoms with van der Waals surface area (Å²) in [6.07, 6.45) is 3.66. The molecule has 1 aromatic heterocycles. The molecule has 1 aromatic rings. The molecule has 6 heteroatoms. The number of carbonyl (C=O) groups excluding carboxylic acids is 1. The Kier molecular flexibility index (Phi) is 3.89. The average Bonchev–Trinajstić information content (AvgIpc) is 2.73. The molecule has 0 radical (unpaired) electrons. The van der Waals surface area contributed by atoms with E-state index >= 15 is 0 Å². The number of hydrogen-bond donors (Lipinski definition) is 2. The number of carboxylic acid groups (broad SMARTS) is 1. The largest absolute Gasteiger partial charge is 0.481 e. The molecule has 102 valence electrons. The van der Waals surface area contributed by atoms with Gasteiger partial charge in [-0.25, -0.2) is 4.98 Å². The molecule has 1 saturated carbocycles. The highest BCUT2D eigenvalue weighted by atomic mass is 79.9. The first-order chi connectivity index (χ1) is 8.95. The number of carbonyl (C=O) groups is 2. The van der Waals surface area contributed by atoms with Gasteiger partial charge in [-0.3, -0.25) is 9.59 Å². The molecule has 2 unspecified atom stereocenters. The number of halogens is 1. The first kappa shape index (κ1) is 14.0. The Balaban J connectivity index is 2.16. The van der Waals surface area contributed by atoms with Gasteiger partial charge in [0, 0.05) is 12.2 Å². The molecule has 0 aliphatic heterocycles. The maximum atomic E-state index is 12.2. The Hall–Kier alpha value is -1.43. The second-order valence-electron chi connectivity index (χ2n) is 4.98. The fraction of sp³-hybridized carbons (Fsp3) is 0.462. The summed E-state index contributed by atoms with van der Waals surface area (Å²) in [6, 6.07) is 2.98. The monoisotopic (exact) mass is 326 g/mol. The standard InChI is InChI=1S/C13H15BrN2O3/c1-13(12(18)19)6-2-5-9(13)16-11(17)8-4-3-7-15-10(8)14/h3-4,7,9H,2,5-6H2,1H3,(H,16,17)(H,18,19). The summed E-state index contributed by atoms with van der Waals surface area (Å²) in [4.78, 5) is 27.5. The maximum absolute atomic E-state index is 12.2. The lowest BCUT2D eigenvalue weighted by molar-refractivity contribution is -0.148. The van der Waals surface area contributed by atoms with Crippen molar-refractivity contribution in [3.63, 3.8) is 0 Å². The molecule has 1 aliphatic carbocycles. The molecule has 1 amide bonds. The summed E-state index contributed by atoms with van der Waals surface area (Å²) in [5.41, 5.74) is -0.466. The van der Waals surface area contributed by atoms with E-state index in [1.165, 1.54) is 0 Å². The van der Waals surface area contributed by atoms with Crippen molar-refractivity contribution in [2.45, 2.75) is 32.2 Å². The van der Waals surface area contributed by atoms with Crippen LogP contribution in [0.15, 0.2) is 22.9 Å². The van der Waals surface area contributed by atoms with E-state index in [9.17, 15) is 14.7 Å². The summed E-state index contributed by atoms with van der Waals surface area (Å²) in [5, 5.41) is 12.1. The fourth-order valence-corrected chi connectivity index (χ4v) is 2.88. The Bertz CT molecular complexity index is 520. The molecule has 0 saturated heterocycles. The van der Waals surface area contributed by atoms with Crippen molar-refractivity contribution >= 4 is 27.8 Å². The molecule has 2 atom stereocenters. The quantitative estimate of drug-likeness (QED) is 0.835. The third-order valence-electron chi connectivity index (χ3n) is 3.76. The SMILES string of the molecule is CC1(C(=O)O)CCCC1NC(=O)c1cccnc1Br. The van der Waals surface area contributed by atoms with Crippen LogP contribution in [0.3, 0.4) is 0 Å². The second kappa shape index (κ2) is 5.28. The van der Waals surface area contributed by atoms with E-state index in [4.69, 9.17) is 0 Å². The lowest BCUT2D eigenvalue weighted by Crippen LogP contribution is -2.47. The summed E-state index contributed by atoms with van der Waals surface area (Å²) in [5.74, 6) is -1.15. The number of hydrogen-bond acceptors (Lipinski definition) is 3. The van der Waals surface area contributed by atoms with Gasteiger partial charge in [0.15, 0.2) is 0 Å². The van der Waals surface area contributed by atoms with Crippen LogP contribution in [0.5, 0.6) is 0 Å². The van der Waals surface area contributed by atoms with E-state index < -0.39 is 11.4 Å². The molecule has 2 N–H and O–H groups in total. The minimum absolute atomic E-state index is 0.292.